The number of hydrogen-bond acceptors (Lipinski definition) is 3. The molecule has 0 aromatic heterocycles. The van der Waals surface area contributed by atoms with Gasteiger partial charge in [0.25, 0.3) is 5.91 Å². The summed E-state index contributed by atoms with van der Waals surface area (Å²) in [5.41, 5.74) is 3.24. The molecule has 0 spiro atoms. The molecule has 2 rings (SSSR count). The van der Waals surface area contributed by atoms with Gasteiger partial charge in [0.1, 0.15) is 0 Å². The zero-order valence-electron chi connectivity index (χ0n) is 12.5. The van der Waals surface area contributed by atoms with E-state index in [1.165, 1.54) is 50.3 Å². The Morgan fingerprint density at radius 2 is 1.90 bits per heavy atom. The summed E-state index contributed by atoms with van der Waals surface area (Å²) < 4.78 is 0. The Bertz CT molecular complexity index is 453. The number of carbonyl (C=O) groups is 1. The summed E-state index contributed by atoms with van der Waals surface area (Å²) in [5.74, 6) is 0.243. The molecule has 1 aromatic rings. The molecule has 1 N–H and O–H groups in total. The molecule has 21 heavy (non-hydrogen) atoms. The molecule has 1 amide bonds. The number of rotatable bonds is 5. The van der Waals surface area contributed by atoms with Crippen LogP contribution < -0.4 is 40.1 Å². The molecule has 1 aliphatic rings. The van der Waals surface area contributed by atoms with E-state index in [0.29, 0.717) is 12.5 Å². The van der Waals surface area contributed by atoms with Crippen molar-refractivity contribution in [2.45, 2.75) is 32.1 Å². The summed E-state index contributed by atoms with van der Waals surface area (Å²) in [4.78, 5) is 16.8. The van der Waals surface area contributed by atoms with Gasteiger partial charge in [0.05, 0.1) is 6.61 Å². The summed E-state index contributed by atoms with van der Waals surface area (Å²) in [7, 11) is 0. The minimum Gasteiger partial charge on any atom is -0.872 e. The van der Waals surface area contributed by atoms with Crippen LogP contribution in [0, 0.1) is 5.92 Å². The standard InChI is InChI=1S/C16H21NO3.Na/c18-15-9-6-13(7-10-15)8-11-16(19)17-20-12-14-4-2-1-3-5-14;/h6-11,14,18H,1-5,12H2,(H,17,19);/q;+1/p-1/b11-8+;. The summed E-state index contributed by atoms with van der Waals surface area (Å²) >= 11 is 0. The monoisotopic (exact) mass is 297 g/mol. The van der Waals surface area contributed by atoms with E-state index in [1.807, 2.05) is 0 Å². The van der Waals surface area contributed by atoms with E-state index < -0.39 is 0 Å². The van der Waals surface area contributed by atoms with Crippen LogP contribution in [0.15, 0.2) is 30.3 Å². The van der Waals surface area contributed by atoms with Gasteiger partial charge in [0, 0.05) is 6.08 Å². The fraction of sp³-hybridized carbons (Fsp3) is 0.438. The van der Waals surface area contributed by atoms with Crippen molar-refractivity contribution in [3.63, 3.8) is 0 Å². The van der Waals surface area contributed by atoms with Gasteiger partial charge >= 0.3 is 29.6 Å². The van der Waals surface area contributed by atoms with E-state index in [1.54, 1.807) is 18.2 Å². The minimum absolute atomic E-state index is 0. The number of carbonyl (C=O) groups excluding carboxylic acids is 1. The van der Waals surface area contributed by atoms with Gasteiger partial charge < -0.3 is 5.11 Å². The summed E-state index contributed by atoms with van der Waals surface area (Å²) in [6.07, 6.45) is 9.27. The Balaban J connectivity index is 0.00000220. The van der Waals surface area contributed by atoms with Crippen molar-refractivity contribution in [3.05, 3.63) is 35.9 Å². The first-order valence-corrected chi connectivity index (χ1v) is 7.11. The molecule has 1 aromatic carbocycles. The number of benzene rings is 1. The number of hydroxylamine groups is 1. The molecule has 1 aliphatic carbocycles. The topological polar surface area (TPSA) is 61.4 Å². The predicted molar refractivity (Wildman–Crippen MR) is 75.6 cm³/mol. The summed E-state index contributed by atoms with van der Waals surface area (Å²) in [6, 6.07) is 6.29. The second-order valence-electron chi connectivity index (χ2n) is 5.18. The van der Waals surface area contributed by atoms with Crippen LogP contribution in [0.25, 0.3) is 6.08 Å². The van der Waals surface area contributed by atoms with Gasteiger partial charge in [-0.15, -0.1) is 5.75 Å². The van der Waals surface area contributed by atoms with Gasteiger partial charge in [0.2, 0.25) is 0 Å². The maximum absolute atomic E-state index is 11.5. The minimum atomic E-state index is -0.285. The van der Waals surface area contributed by atoms with Crippen molar-refractivity contribution in [1.29, 1.82) is 0 Å². The molecule has 0 radical (unpaired) electrons. The zero-order chi connectivity index (χ0) is 14.2. The molecule has 5 heteroatoms. The van der Waals surface area contributed by atoms with Crippen LogP contribution in [0.2, 0.25) is 0 Å². The Morgan fingerprint density at radius 1 is 1.24 bits per heavy atom. The Morgan fingerprint density at radius 3 is 2.57 bits per heavy atom. The van der Waals surface area contributed by atoms with Crippen molar-refractivity contribution in [2.24, 2.45) is 5.92 Å². The van der Waals surface area contributed by atoms with Crippen molar-refractivity contribution >= 4 is 12.0 Å². The van der Waals surface area contributed by atoms with Gasteiger partial charge in [-0.25, -0.2) is 5.48 Å². The van der Waals surface area contributed by atoms with Crippen molar-refractivity contribution in [2.75, 3.05) is 6.61 Å². The SMILES string of the molecule is O=C(/C=C/c1ccc([O-])cc1)NOCC1CCCCC1.[Na+]. The molecule has 0 unspecified atom stereocenters. The molecule has 1 saturated carbocycles. The van der Waals surface area contributed by atoms with E-state index in [9.17, 15) is 9.90 Å². The second kappa shape index (κ2) is 10.0. The Kier molecular flexibility index (Phi) is 8.69. The maximum Gasteiger partial charge on any atom is 1.00 e. The van der Waals surface area contributed by atoms with Crippen molar-refractivity contribution in [1.82, 2.24) is 5.48 Å². The predicted octanol–water partition coefficient (Wildman–Crippen LogP) is -0.594. The van der Waals surface area contributed by atoms with Crippen LogP contribution in [-0.2, 0) is 9.63 Å². The fourth-order valence-corrected chi connectivity index (χ4v) is 2.37. The van der Waals surface area contributed by atoms with Gasteiger partial charge in [-0.3, -0.25) is 9.63 Å². The van der Waals surface area contributed by atoms with E-state index in [2.05, 4.69) is 5.48 Å². The van der Waals surface area contributed by atoms with Crippen molar-refractivity contribution < 1.29 is 44.3 Å². The van der Waals surface area contributed by atoms with Crippen molar-refractivity contribution in [3.8, 4) is 5.75 Å². The normalized spacial score (nSPS) is 15.6. The average molecular weight is 297 g/mol. The first kappa shape index (κ1) is 18.2. The summed E-state index contributed by atoms with van der Waals surface area (Å²) in [6.45, 7) is 0.588. The molecule has 0 aliphatic heterocycles. The van der Waals surface area contributed by atoms with Gasteiger partial charge in [-0.05, 0) is 30.4 Å². The van der Waals surface area contributed by atoms with Crippen LogP contribution in [0.4, 0.5) is 0 Å². The molecule has 0 saturated heterocycles. The molecular weight excluding hydrogens is 277 g/mol. The smallest absolute Gasteiger partial charge is 0.872 e. The van der Waals surface area contributed by atoms with Crippen LogP contribution >= 0.6 is 0 Å². The maximum atomic E-state index is 11.5. The third kappa shape index (κ3) is 7.14. The van der Waals surface area contributed by atoms with Crippen LogP contribution in [0.1, 0.15) is 37.7 Å². The van der Waals surface area contributed by atoms with E-state index in [-0.39, 0.29) is 41.2 Å². The molecule has 4 nitrogen and oxygen atoms in total. The van der Waals surface area contributed by atoms with Crippen LogP contribution in [0.5, 0.6) is 5.75 Å². The average Bonchev–Trinajstić information content (AvgIpc) is 2.48. The van der Waals surface area contributed by atoms with E-state index >= 15 is 0 Å². The first-order valence-electron chi connectivity index (χ1n) is 7.11. The zero-order valence-corrected chi connectivity index (χ0v) is 14.5. The van der Waals surface area contributed by atoms with Crippen LogP contribution in [-0.4, -0.2) is 12.5 Å². The van der Waals surface area contributed by atoms with Crippen LogP contribution in [0.3, 0.4) is 0 Å². The van der Waals surface area contributed by atoms with Gasteiger partial charge in [-0.1, -0.05) is 43.5 Å². The number of amides is 1. The number of nitrogens with one attached hydrogen (secondary N) is 1. The third-order valence-electron chi connectivity index (χ3n) is 3.52. The van der Waals surface area contributed by atoms with Gasteiger partial charge in [-0.2, -0.15) is 0 Å². The summed E-state index contributed by atoms with van der Waals surface area (Å²) in [5, 5.41) is 10.9. The second-order valence-corrected chi connectivity index (χ2v) is 5.18. The largest absolute Gasteiger partial charge is 1.00 e. The Hall–Kier alpha value is -0.810. The first-order chi connectivity index (χ1) is 9.74. The van der Waals surface area contributed by atoms with Gasteiger partial charge in [0.15, 0.2) is 0 Å². The molecule has 1 fully saturated rings. The molecule has 0 bridgehead atoms. The molecule has 0 atom stereocenters. The Labute approximate surface area is 147 Å². The molecule has 0 heterocycles. The van der Waals surface area contributed by atoms with E-state index in [4.69, 9.17) is 4.84 Å². The number of hydrogen-bond donors (Lipinski definition) is 1. The quantitative estimate of drug-likeness (QED) is 0.449. The fourth-order valence-electron chi connectivity index (χ4n) is 2.37. The third-order valence-corrected chi connectivity index (χ3v) is 3.52. The molecular formula is C16H20NNaO3. The molecule has 108 valence electrons. The van der Waals surface area contributed by atoms with E-state index in [0.717, 1.165) is 5.56 Å².